The number of aromatic nitrogens is 2. The monoisotopic (exact) mass is 398 g/mol. The van der Waals surface area contributed by atoms with Crippen molar-refractivity contribution in [2.24, 2.45) is 0 Å². The molecule has 1 aliphatic carbocycles. The number of hydrogen-bond donors (Lipinski definition) is 2. The van der Waals surface area contributed by atoms with Gasteiger partial charge in [-0.25, -0.2) is 4.79 Å². The highest BCUT2D eigenvalue weighted by Crippen LogP contribution is 2.29. The van der Waals surface area contributed by atoms with Crippen molar-refractivity contribution in [1.29, 1.82) is 0 Å². The van der Waals surface area contributed by atoms with Crippen LogP contribution >= 0.6 is 11.3 Å². The molecule has 144 valence electrons. The molecule has 3 aromatic heterocycles. The number of fused-ring (bicyclic) bond motifs is 1. The van der Waals surface area contributed by atoms with Crippen LogP contribution in [0.25, 0.3) is 11.1 Å². The molecule has 3 aromatic rings. The fourth-order valence-electron chi connectivity index (χ4n) is 3.53. The van der Waals surface area contributed by atoms with Gasteiger partial charge >= 0.3 is 6.16 Å². The second-order valence-corrected chi connectivity index (χ2v) is 7.42. The average molecular weight is 398 g/mol. The Morgan fingerprint density at radius 2 is 2.18 bits per heavy atom. The minimum Gasteiger partial charge on any atom is -0.449 e. The van der Waals surface area contributed by atoms with Crippen LogP contribution in [0.5, 0.6) is 5.75 Å². The smallest absolute Gasteiger partial charge is 0.449 e. The van der Waals surface area contributed by atoms with E-state index >= 15 is 0 Å². The van der Waals surface area contributed by atoms with Crippen molar-refractivity contribution in [3.63, 3.8) is 0 Å². The van der Waals surface area contributed by atoms with Gasteiger partial charge in [0.15, 0.2) is 5.75 Å². The summed E-state index contributed by atoms with van der Waals surface area (Å²) in [5.41, 5.74) is 3.22. The summed E-state index contributed by atoms with van der Waals surface area (Å²) in [6.45, 7) is 0.342. The molecule has 7 nitrogen and oxygen atoms in total. The Morgan fingerprint density at radius 3 is 2.86 bits per heavy atom. The molecule has 3 heterocycles. The van der Waals surface area contributed by atoms with Gasteiger partial charge in [0, 0.05) is 17.5 Å². The number of pyridine rings is 2. The maximum absolute atomic E-state index is 12.6. The third-order valence-electron chi connectivity index (χ3n) is 4.83. The van der Waals surface area contributed by atoms with Gasteiger partial charge in [-0.2, -0.15) is 11.3 Å². The van der Waals surface area contributed by atoms with Gasteiger partial charge in [0.2, 0.25) is 5.43 Å². The number of rotatable bonds is 4. The van der Waals surface area contributed by atoms with Crippen molar-refractivity contribution < 1.29 is 19.7 Å². The predicted octanol–water partition coefficient (Wildman–Crippen LogP) is 3.45. The van der Waals surface area contributed by atoms with Crippen LogP contribution in [-0.2, 0) is 13.0 Å². The third-order valence-corrected chi connectivity index (χ3v) is 5.52. The van der Waals surface area contributed by atoms with Crippen LogP contribution < -0.4 is 10.2 Å². The molecule has 0 bridgehead atoms. The largest absolute Gasteiger partial charge is 0.511 e. The van der Waals surface area contributed by atoms with E-state index < -0.39 is 17.7 Å². The van der Waals surface area contributed by atoms with Crippen LogP contribution in [0, 0.1) is 0 Å². The summed E-state index contributed by atoms with van der Waals surface area (Å²) in [5, 5.41) is 23.3. The molecule has 1 unspecified atom stereocenters. The lowest BCUT2D eigenvalue weighted by molar-refractivity contribution is 0.140. The van der Waals surface area contributed by atoms with Gasteiger partial charge in [0.05, 0.1) is 30.1 Å². The number of aliphatic hydroxyl groups is 1. The second-order valence-electron chi connectivity index (χ2n) is 6.64. The number of hydrogen-bond acceptors (Lipinski definition) is 6. The molecule has 28 heavy (non-hydrogen) atoms. The molecule has 0 radical (unpaired) electrons. The molecule has 0 saturated heterocycles. The van der Waals surface area contributed by atoms with Crippen molar-refractivity contribution in [1.82, 2.24) is 9.55 Å². The molecule has 0 amide bonds. The van der Waals surface area contributed by atoms with Gasteiger partial charge < -0.3 is 19.5 Å². The fourth-order valence-corrected chi connectivity index (χ4v) is 4.19. The molecule has 0 saturated carbocycles. The van der Waals surface area contributed by atoms with Gasteiger partial charge in [0.25, 0.3) is 0 Å². The number of carboxylic acid groups (broad SMARTS) is 1. The Labute approximate surface area is 164 Å². The van der Waals surface area contributed by atoms with Gasteiger partial charge in [-0.3, -0.25) is 9.78 Å². The van der Waals surface area contributed by atoms with Crippen molar-refractivity contribution in [2.75, 3.05) is 0 Å². The zero-order chi connectivity index (χ0) is 19.7. The van der Waals surface area contributed by atoms with Crippen LogP contribution in [0.4, 0.5) is 4.79 Å². The summed E-state index contributed by atoms with van der Waals surface area (Å²) < 4.78 is 6.41. The topological polar surface area (TPSA) is 102 Å². The normalized spacial score (nSPS) is 15.8. The van der Waals surface area contributed by atoms with E-state index in [0.717, 1.165) is 23.2 Å². The molecular formula is C20H18N2O5S. The number of thiophene rings is 1. The maximum atomic E-state index is 12.6. The summed E-state index contributed by atoms with van der Waals surface area (Å²) in [5.74, 6) is -0.304. The van der Waals surface area contributed by atoms with Gasteiger partial charge in [0.1, 0.15) is 0 Å². The first-order chi connectivity index (χ1) is 13.5. The van der Waals surface area contributed by atoms with Crippen molar-refractivity contribution in [3.05, 3.63) is 68.5 Å². The predicted molar refractivity (Wildman–Crippen MR) is 104 cm³/mol. The van der Waals surface area contributed by atoms with Crippen LogP contribution in [0.2, 0.25) is 0 Å². The van der Waals surface area contributed by atoms with E-state index in [0.29, 0.717) is 25.1 Å². The Morgan fingerprint density at radius 1 is 1.32 bits per heavy atom. The summed E-state index contributed by atoms with van der Waals surface area (Å²) in [6, 6.07) is 5.90. The molecule has 1 aliphatic rings. The summed E-state index contributed by atoms with van der Waals surface area (Å²) in [7, 11) is 0. The van der Waals surface area contributed by atoms with Crippen LogP contribution in [0.15, 0.2) is 46.1 Å². The zero-order valence-electron chi connectivity index (χ0n) is 14.9. The van der Waals surface area contributed by atoms with E-state index in [1.165, 1.54) is 6.20 Å². The summed E-state index contributed by atoms with van der Waals surface area (Å²) in [4.78, 5) is 28.0. The number of carbonyl (C=O) groups is 1. The molecule has 8 heteroatoms. The molecule has 1 atom stereocenters. The summed E-state index contributed by atoms with van der Waals surface area (Å²) >= 11 is 1.62. The van der Waals surface area contributed by atoms with Gasteiger partial charge in [-0.15, -0.1) is 0 Å². The minimum absolute atomic E-state index is 0.222. The lowest BCUT2D eigenvalue weighted by atomic mass is 9.92. The third kappa shape index (κ3) is 3.56. The first-order valence-corrected chi connectivity index (χ1v) is 9.80. The van der Waals surface area contributed by atoms with Crippen molar-refractivity contribution >= 4 is 17.5 Å². The van der Waals surface area contributed by atoms with Crippen LogP contribution in [0.1, 0.15) is 35.9 Å². The maximum Gasteiger partial charge on any atom is 0.511 e. The van der Waals surface area contributed by atoms with E-state index in [4.69, 9.17) is 5.11 Å². The molecule has 0 aliphatic heterocycles. The second kappa shape index (κ2) is 7.57. The molecule has 2 N–H and O–H groups in total. The minimum atomic E-state index is -1.56. The first kappa shape index (κ1) is 18.4. The first-order valence-electron chi connectivity index (χ1n) is 8.85. The van der Waals surface area contributed by atoms with Gasteiger partial charge in [-0.05, 0) is 47.7 Å². The molecule has 0 spiro atoms. The van der Waals surface area contributed by atoms with E-state index in [1.807, 2.05) is 29.0 Å². The Balaban J connectivity index is 1.71. The Bertz CT molecular complexity index is 1060. The van der Waals surface area contributed by atoms with E-state index in [1.54, 1.807) is 22.1 Å². The SMILES string of the molecule is O=C(O)Oc1cn(Cc2ccc(-c3ccsc3)cn2)c2c(c1=O)C(O)CCC2. The quantitative estimate of drug-likeness (QED) is 0.653. The zero-order valence-corrected chi connectivity index (χ0v) is 15.7. The highest BCUT2D eigenvalue weighted by Gasteiger charge is 2.27. The summed E-state index contributed by atoms with van der Waals surface area (Å²) in [6.07, 6.45) is 2.53. The van der Waals surface area contributed by atoms with Gasteiger partial charge in [-0.1, -0.05) is 6.07 Å². The van der Waals surface area contributed by atoms with Crippen LogP contribution in [0.3, 0.4) is 0 Å². The standard InChI is InChI=1S/C20H18N2O5S/c23-16-3-1-2-15-18(16)19(24)17(27-20(25)26)10-22(15)9-14-5-4-12(8-21-14)13-6-7-28-11-13/h4-8,10-11,16,23H,1-3,9H2,(H,25,26). The number of nitrogens with zero attached hydrogens (tertiary/aromatic N) is 2. The molecular weight excluding hydrogens is 380 g/mol. The number of aliphatic hydroxyl groups excluding tert-OH is 1. The van der Waals surface area contributed by atoms with E-state index in [9.17, 15) is 14.7 Å². The average Bonchev–Trinajstić information content (AvgIpc) is 3.20. The molecule has 4 rings (SSSR count). The number of ether oxygens (including phenoxy) is 1. The molecule has 0 fully saturated rings. The fraction of sp³-hybridized carbons (Fsp3) is 0.250. The molecule has 0 aromatic carbocycles. The van der Waals surface area contributed by atoms with Crippen molar-refractivity contribution in [3.8, 4) is 16.9 Å². The lowest BCUT2D eigenvalue weighted by Gasteiger charge is -2.25. The Kier molecular flexibility index (Phi) is 4.97. The highest BCUT2D eigenvalue weighted by molar-refractivity contribution is 7.08. The van der Waals surface area contributed by atoms with E-state index in [-0.39, 0.29) is 11.3 Å². The Hall–Kier alpha value is -2.97. The van der Waals surface area contributed by atoms with Crippen molar-refractivity contribution in [2.45, 2.75) is 31.9 Å². The highest BCUT2D eigenvalue weighted by atomic mass is 32.1. The van der Waals surface area contributed by atoms with Crippen LogP contribution in [-0.4, -0.2) is 25.9 Å². The lowest BCUT2D eigenvalue weighted by Crippen LogP contribution is -2.28. The van der Waals surface area contributed by atoms with E-state index in [2.05, 4.69) is 9.72 Å².